The molecule has 6 rings (SSSR count). The van der Waals surface area contributed by atoms with Gasteiger partial charge in [0.2, 0.25) is 0 Å². The van der Waals surface area contributed by atoms with E-state index in [2.05, 4.69) is 72.6 Å². The first-order valence-electron chi connectivity index (χ1n) is 12.7. The molecule has 0 fully saturated rings. The van der Waals surface area contributed by atoms with Gasteiger partial charge in [0, 0.05) is 28.5 Å². The van der Waals surface area contributed by atoms with E-state index in [4.69, 9.17) is 0 Å². The summed E-state index contributed by atoms with van der Waals surface area (Å²) < 4.78 is 1.93. The van der Waals surface area contributed by atoms with Crippen molar-refractivity contribution in [2.75, 3.05) is 11.7 Å². The van der Waals surface area contributed by atoms with Crippen molar-refractivity contribution >= 4 is 17.7 Å². The van der Waals surface area contributed by atoms with Gasteiger partial charge in [0.25, 0.3) is 5.91 Å². The fraction of sp³-hybridized carbons (Fsp3) is 0.226. The molecule has 0 saturated heterocycles. The molecule has 0 N–H and O–H groups in total. The average molecular weight is 508 g/mol. The third-order valence-electron chi connectivity index (χ3n) is 7.55. The van der Waals surface area contributed by atoms with E-state index in [1.165, 1.54) is 21.6 Å². The summed E-state index contributed by atoms with van der Waals surface area (Å²) in [6, 6.07) is 28.7. The van der Waals surface area contributed by atoms with Crippen molar-refractivity contribution in [3.63, 3.8) is 0 Å². The van der Waals surface area contributed by atoms with Gasteiger partial charge in [0.15, 0.2) is 5.43 Å². The van der Waals surface area contributed by atoms with Gasteiger partial charge in [0.1, 0.15) is 12.4 Å². The van der Waals surface area contributed by atoms with Gasteiger partial charge in [-0.1, -0.05) is 79.7 Å². The Hall–Kier alpha value is -3.77. The summed E-state index contributed by atoms with van der Waals surface area (Å²) in [4.78, 5) is 30.1. The zero-order valence-electron chi connectivity index (χ0n) is 21.0. The molecule has 2 aliphatic rings. The zero-order valence-corrected chi connectivity index (χ0v) is 21.8. The molecule has 2 atom stereocenters. The molecular formula is C31H29N3O2S. The largest absolute Gasteiger partial charge is 0.311 e. The van der Waals surface area contributed by atoms with E-state index in [9.17, 15) is 9.59 Å². The Kier molecular flexibility index (Phi) is 6.13. The van der Waals surface area contributed by atoms with Crippen LogP contribution in [0.4, 0.5) is 0 Å². The minimum Gasteiger partial charge on any atom is -0.311 e. The Labute approximate surface area is 221 Å². The topological polar surface area (TPSA) is 45.5 Å². The highest BCUT2D eigenvalue weighted by molar-refractivity contribution is 7.98. The molecule has 0 bridgehead atoms. The second-order valence-corrected chi connectivity index (χ2v) is 10.6. The molecule has 0 aliphatic carbocycles. The zero-order chi connectivity index (χ0) is 25.5. The maximum Gasteiger partial charge on any atom is 0.274 e. The van der Waals surface area contributed by atoms with Gasteiger partial charge in [-0.15, -0.1) is 11.8 Å². The summed E-state index contributed by atoms with van der Waals surface area (Å²) in [5.41, 5.74) is 5.62. The number of hydrogen-bond donors (Lipinski definition) is 0. The predicted molar refractivity (Wildman–Crippen MR) is 148 cm³/mol. The van der Waals surface area contributed by atoms with Gasteiger partial charge < -0.3 is 4.90 Å². The monoisotopic (exact) mass is 507 g/mol. The first-order chi connectivity index (χ1) is 18.1. The molecule has 0 saturated carbocycles. The van der Waals surface area contributed by atoms with Crippen molar-refractivity contribution < 1.29 is 4.79 Å². The van der Waals surface area contributed by atoms with E-state index < -0.39 is 0 Å². The number of hydrogen-bond acceptors (Lipinski definition) is 4. The Morgan fingerprint density at radius 2 is 1.59 bits per heavy atom. The molecule has 6 heteroatoms. The molecular weight excluding hydrogens is 478 g/mol. The Morgan fingerprint density at radius 1 is 0.892 bits per heavy atom. The summed E-state index contributed by atoms with van der Waals surface area (Å²) in [6.45, 7) is 4.28. The van der Waals surface area contributed by atoms with Crippen LogP contribution in [0, 0.1) is 6.92 Å². The first kappa shape index (κ1) is 23.6. The van der Waals surface area contributed by atoms with E-state index in [1.54, 1.807) is 19.2 Å². The highest BCUT2D eigenvalue weighted by Gasteiger charge is 2.40. The molecule has 186 valence electrons. The summed E-state index contributed by atoms with van der Waals surface area (Å²) in [5.74, 6) is 0.782. The number of rotatable bonds is 4. The number of pyridine rings is 1. The van der Waals surface area contributed by atoms with E-state index in [-0.39, 0.29) is 23.4 Å². The molecule has 2 aliphatic heterocycles. The number of carbonyl (C=O) groups is 1. The van der Waals surface area contributed by atoms with E-state index >= 15 is 0 Å². The van der Waals surface area contributed by atoms with Crippen LogP contribution < -0.4 is 10.4 Å². The molecule has 5 nitrogen and oxygen atoms in total. The summed E-state index contributed by atoms with van der Waals surface area (Å²) >= 11 is 1.85. The van der Waals surface area contributed by atoms with E-state index in [0.29, 0.717) is 17.9 Å². The van der Waals surface area contributed by atoms with Crippen molar-refractivity contribution in [3.05, 3.63) is 135 Å². The second kappa shape index (κ2) is 9.60. The van der Waals surface area contributed by atoms with Gasteiger partial charge in [-0.3, -0.25) is 19.3 Å². The minimum absolute atomic E-state index is 0.105. The van der Waals surface area contributed by atoms with E-state index in [1.807, 2.05) is 39.5 Å². The lowest BCUT2D eigenvalue weighted by molar-refractivity contribution is 0.0584. The molecule has 1 amide bonds. The Bertz CT molecular complexity index is 1480. The number of nitrogens with zero attached hydrogens (tertiary/aromatic N) is 3. The van der Waals surface area contributed by atoms with Crippen LogP contribution in [0.25, 0.3) is 0 Å². The molecule has 4 aromatic rings. The normalized spacial score (nSPS) is 17.5. The van der Waals surface area contributed by atoms with Crippen molar-refractivity contribution in [3.8, 4) is 0 Å². The first-order valence-corrected chi connectivity index (χ1v) is 13.7. The van der Waals surface area contributed by atoms with Crippen LogP contribution in [0.3, 0.4) is 0 Å². The van der Waals surface area contributed by atoms with Crippen molar-refractivity contribution in [1.29, 1.82) is 0 Å². The van der Waals surface area contributed by atoms with Crippen molar-refractivity contribution in [1.82, 2.24) is 9.58 Å². The van der Waals surface area contributed by atoms with Gasteiger partial charge >= 0.3 is 0 Å². The molecule has 3 aromatic carbocycles. The number of carbonyl (C=O) groups excluding carboxylic acids is 1. The Morgan fingerprint density at radius 3 is 2.38 bits per heavy atom. The maximum absolute atomic E-state index is 14.1. The number of fused-ring (bicyclic) bond motifs is 3. The quantitative estimate of drug-likeness (QED) is 0.337. The highest BCUT2D eigenvalue weighted by Crippen LogP contribution is 2.43. The smallest absolute Gasteiger partial charge is 0.274 e. The predicted octanol–water partition coefficient (Wildman–Crippen LogP) is 6.05. The average Bonchev–Trinajstić information content (AvgIpc) is 3.10. The van der Waals surface area contributed by atoms with Crippen LogP contribution in [0.2, 0.25) is 0 Å². The lowest BCUT2D eigenvalue weighted by Gasteiger charge is -2.47. The summed E-state index contributed by atoms with van der Waals surface area (Å²) in [5, 5.41) is 2.26. The van der Waals surface area contributed by atoms with Crippen LogP contribution in [-0.2, 0) is 5.75 Å². The van der Waals surface area contributed by atoms with Gasteiger partial charge in [-0.25, -0.2) is 0 Å². The van der Waals surface area contributed by atoms with Crippen molar-refractivity contribution in [2.45, 2.75) is 43.0 Å². The fourth-order valence-corrected chi connectivity index (χ4v) is 6.79. The van der Waals surface area contributed by atoms with Crippen LogP contribution in [0.5, 0.6) is 0 Å². The third kappa shape index (κ3) is 3.96. The second-order valence-electron chi connectivity index (χ2n) is 9.62. The van der Waals surface area contributed by atoms with Gasteiger partial charge in [0.05, 0.1) is 12.1 Å². The fourth-order valence-electron chi connectivity index (χ4n) is 5.70. The summed E-state index contributed by atoms with van der Waals surface area (Å²) in [7, 11) is 0. The number of thioether (sulfide) groups is 1. The number of amides is 1. The van der Waals surface area contributed by atoms with Gasteiger partial charge in [-0.2, -0.15) is 0 Å². The minimum atomic E-state index is -0.119. The Balaban J connectivity index is 1.59. The summed E-state index contributed by atoms with van der Waals surface area (Å²) in [6.07, 6.45) is 2.54. The standard InChI is InChI=1S/C31H29N3O2S/c1-3-26(22-11-5-4-6-12-22)32-20-34(33-18-17-27(35)21(2)29(33)31(32)36)30-24-14-8-7-13-23(24)19-37-28-16-10-9-15-25(28)30/h4-18,26,30H,3,19-20H2,1-2H3/t26-,30?/m0/s1. The lowest BCUT2D eigenvalue weighted by Crippen LogP contribution is -2.56. The molecule has 1 unspecified atom stereocenters. The highest BCUT2D eigenvalue weighted by atomic mass is 32.2. The SMILES string of the molecule is CC[C@@H](c1ccccc1)N1CN(C2c3ccccc3CSc3ccccc32)n2ccc(=O)c(C)c2C1=O. The molecule has 1 aromatic heterocycles. The van der Waals surface area contributed by atoms with Crippen LogP contribution in [0.1, 0.15) is 63.7 Å². The molecule has 37 heavy (non-hydrogen) atoms. The molecule has 0 radical (unpaired) electrons. The van der Waals surface area contributed by atoms with Gasteiger partial charge in [-0.05, 0) is 41.7 Å². The van der Waals surface area contributed by atoms with Crippen LogP contribution in [-0.4, -0.2) is 22.2 Å². The van der Waals surface area contributed by atoms with Crippen molar-refractivity contribution in [2.24, 2.45) is 0 Å². The number of benzene rings is 3. The van der Waals surface area contributed by atoms with Crippen LogP contribution in [0.15, 0.2) is 101 Å². The van der Waals surface area contributed by atoms with E-state index in [0.717, 1.165) is 17.7 Å². The lowest BCUT2D eigenvalue weighted by atomic mass is 9.94. The molecule has 0 spiro atoms. The molecule has 3 heterocycles. The third-order valence-corrected chi connectivity index (χ3v) is 8.69. The number of aromatic nitrogens is 1. The van der Waals surface area contributed by atoms with Crippen LogP contribution >= 0.6 is 11.8 Å². The maximum atomic E-state index is 14.1.